The lowest BCUT2D eigenvalue weighted by Gasteiger charge is -2.10. The molecule has 3 aromatic rings. The SMILES string of the molecule is COCn1nc(-c2ccccc2)c(-c2cccs2)cc1=O. The van der Waals surface area contributed by atoms with Crippen molar-refractivity contribution in [1.29, 1.82) is 0 Å². The van der Waals surface area contributed by atoms with Crippen molar-refractivity contribution >= 4 is 11.3 Å². The molecule has 0 aliphatic rings. The van der Waals surface area contributed by atoms with E-state index in [0.717, 1.165) is 21.7 Å². The Morgan fingerprint density at radius 2 is 2.00 bits per heavy atom. The van der Waals surface area contributed by atoms with Gasteiger partial charge in [-0.15, -0.1) is 11.3 Å². The number of benzene rings is 1. The zero-order chi connectivity index (χ0) is 14.7. The predicted molar refractivity (Wildman–Crippen MR) is 84.3 cm³/mol. The number of thiophene rings is 1. The van der Waals surface area contributed by atoms with E-state index >= 15 is 0 Å². The first kappa shape index (κ1) is 13.7. The van der Waals surface area contributed by atoms with Gasteiger partial charge in [0.15, 0.2) is 0 Å². The molecule has 2 aromatic heterocycles. The largest absolute Gasteiger partial charge is 0.362 e. The molecule has 2 heterocycles. The van der Waals surface area contributed by atoms with Crippen LogP contribution in [-0.4, -0.2) is 16.9 Å². The van der Waals surface area contributed by atoms with Gasteiger partial charge in [0.2, 0.25) is 0 Å². The predicted octanol–water partition coefficient (Wildman–Crippen LogP) is 3.24. The van der Waals surface area contributed by atoms with E-state index in [0.29, 0.717) is 0 Å². The number of hydrogen-bond acceptors (Lipinski definition) is 4. The lowest BCUT2D eigenvalue weighted by molar-refractivity contribution is 0.116. The van der Waals surface area contributed by atoms with E-state index in [9.17, 15) is 4.79 Å². The summed E-state index contributed by atoms with van der Waals surface area (Å²) in [5.41, 5.74) is 2.45. The molecule has 3 rings (SSSR count). The van der Waals surface area contributed by atoms with Crippen LogP contribution >= 0.6 is 11.3 Å². The summed E-state index contributed by atoms with van der Waals surface area (Å²) >= 11 is 1.59. The number of rotatable bonds is 4. The molecule has 0 amide bonds. The van der Waals surface area contributed by atoms with E-state index in [4.69, 9.17) is 4.74 Å². The fourth-order valence-corrected chi connectivity index (χ4v) is 2.88. The average molecular weight is 298 g/mol. The molecule has 0 atom stereocenters. The topological polar surface area (TPSA) is 44.1 Å². The van der Waals surface area contributed by atoms with Crippen LogP contribution in [0.2, 0.25) is 0 Å². The molecule has 0 bridgehead atoms. The Kier molecular flexibility index (Phi) is 3.94. The van der Waals surface area contributed by atoms with E-state index < -0.39 is 0 Å². The first-order valence-corrected chi connectivity index (χ1v) is 7.38. The molecule has 0 aliphatic carbocycles. The summed E-state index contributed by atoms with van der Waals surface area (Å²) in [6.45, 7) is 0.142. The van der Waals surface area contributed by atoms with Crippen molar-refractivity contribution in [2.24, 2.45) is 0 Å². The van der Waals surface area contributed by atoms with Crippen LogP contribution in [-0.2, 0) is 11.5 Å². The van der Waals surface area contributed by atoms with Crippen molar-refractivity contribution < 1.29 is 4.74 Å². The van der Waals surface area contributed by atoms with Crippen LogP contribution in [0.3, 0.4) is 0 Å². The minimum atomic E-state index is -0.167. The third kappa shape index (κ3) is 2.79. The Morgan fingerprint density at radius 1 is 1.19 bits per heavy atom. The highest BCUT2D eigenvalue weighted by Crippen LogP contribution is 2.31. The monoisotopic (exact) mass is 298 g/mol. The van der Waals surface area contributed by atoms with Crippen molar-refractivity contribution in [3.05, 3.63) is 64.3 Å². The molecule has 106 valence electrons. The molecule has 0 N–H and O–H groups in total. The molecule has 4 nitrogen and oxygen atoms in total. The third-order valence-corrected chi connectivity index (χ3v) is 3.99. The van der Waals surface area contributed by atoms with Gasteiger partial charge < -0.3 is 4.74 Å². The zero-order valence-corrected chi connectivity index (χ0v) is 12.3. The van der Waals surface area contributed by atoms with Gasteiger partial charge in [0.25, 0.3) is 5.56 Å². The minimum Gasteiger partial charge on any atom is -0.362 e. The van der Waals surface area contributed by atoms with Crippen molar-refractivity contribution in [3.8, 4) is 21.7 Å². The molecule has 0 unspecified atom stereocenters. The van der Waals surface area contributed by atoms with Crippen molar-refractivity contribution in [1.82, 2.24) is 9.78 Å². The lowest BCUT2D eigenvalue weighted by atomic mass is 10.1. The van der Waals surface area contributed by atoms with Gasteiger partial charge in [0.1, 0.15) is 6.73 Å². The highest BCUT2D eigenvalue weighted by Gasteiger charge is 2.13. The average Bonchev–Trinajstić information content (AvgIpc) is 3.04. The Bertz CT molecular complexity index is 780. The first-order valence-electron chi connectivity index (χ1n) is 6.50. The molecule has 0 radical (unpaired) electrons. The normalized spacial score (nSPS) is 10.7. The van der Waals surface area contributed by atoms with Gasteiger partial charge in [-0.25, -0.2) is 4.68 Å². The van der Waals surface area contributed by atoms with Gasteiger partial charge in [-0.2, -0.15) is 5.10 Å². The van der Waals surface area contributed by atoms with E-state index in [1.165, 1.54) is 4.68 Å². The summed E-state index contributed by atoms with van der Waals surface area (Å²) in [6, 6.07) is 15.4. The quantitative estimate of drug-likeness (QED) is 0.742. The molecular formula is C16H14N2O2S. The number of nitrogens with zero attached hydrogens (tertiary/aromatic N) is 2. The van der Waals surface area contributed by atoms with E-state index in [-0.39, 0.29) is 12.3 Å². The van der Waals surface area contributed by atoms with E-state index in [1.54, 1.807) is 24.5 Å². The third-order valence-electron chi connectivity index (χ3n) is 3.08. The lowest BCUT2D eigenvalue weighted by Crippen LogP contribution is -2.24. The van der Waals surface area contributed by atoms with E-state index in [1.807, 2.05) is 47.8 Å². The van der Waals surface area contributed by atoms with Crippen molar-refractivity contribution in [3.63, 3.8) is 0 Å². The Morgan fingerprint density at radius 3 is 2.67 bits per heavy atom. The number of hydrogen-bond donors (Lipinski definition) is 0. The molecule has 1 aromatic carbocycles. The second kappa shape index (κ2) is 6.03. The van der Waals surface area contributed by atoms with Crippen LogP contribution in [0.25, 0.3) is 21.7 Å². The van der Waals surface area contributed by atoms with Crippen molar-refractivity contribution in [2.45, 2.75) is 6.73 Å². The molecular weight excluding hydrogens is 284 g/mol. The van der Waals surface area contributed by atoms with Gasteiger partial charge in [-0.1, -0.05) is 36.4 Å². The Labute approximate surface area is 126 Å². The smallest absolute Gasteiger partial charge is 0.269 e. The molecule has 0 saturated carbocycles. The first-order chi connectivity index (χ1) is 10.3. The molecule has 5 heteroatoms. The number of ether oxygens (including phenoxy) is 1. The second-order valence-corrected chi connectivity index (χ2v) is 5.45. The van der Waals surface area contributed by atoms with Gasteiger partial charge in [0.05, 0.1) is 5.69 Å². The maximum atomic E-state index is 12.1. The number of methoxy groups -OCH3 is 1. The van der Waals surface area contributed by atoms with Crippen LogP contribution < -0.4 is 5.56 Å². The van der Waals surface area contributed by atoms with Gasteiger partial charge in [-0.3, -0.25) is 4.79 Å². The van der Waals surface area contributed by atoms with Crippen molar-refractivity contribution in [2.75, 3.05) is 7.11 Å². The highest BCUT2D eigenvalue weighted by molar-refractivity contribution is 7.13. The van der Waals surface area contributed by atoms with Gasteiger partial charge in [0, 0.05) is 29.2 Å². The number of aromatic nitrogens is 2. The van der Waals surface area contributed by atoms with Crippen LogP contribution in [0.1, 0.15) is 0 Å². The Balaban J connectivity index is 2.24. The summed E-state index contributed by atoms with van der Waals surface area (Å²) in [4.78, 5) is 13.2. The highest BCUT2D eigenvalue weighted by atomic mass is 32.1. The van der Waals surface area contributed by atoms with Crippen LogP contribution in [0.4, 0.5) is 0 Å². The molecule has 0 saturated heterocycles. The van der Waals surface area contributed by atoms with Crippen LogP contribution in [0.15, 0.2) is 58.7 Å². The maximum absolute atomic E-state index is 12.1. The second-order valence-electron chi connectivity index (χ2n) is 4.51. The van der Waals surface area contributed by atoms with Gasteiger partial charge >= 0.3 is 0 Å². The fourth-order valence-electron chi connectivity index (χ4n) is 2.13. The van der Waals surface area contributed by atoms with E-state index in [2.05, 4.69) is 5.10 Å². The van der Waals surface area contributed by atoms with Gasteiger partial charge in [-0.05, 0) is 11.4 Å². The summed E-state index contributed by atoms with van der Waals surface area (Å²) in [5, 5.41) is 6.46. The molecule has 21 heavy (non-hydrogen) atoms. The maximum Gasteiger partial charge on any atom is 0.269 e. The van der Waals surface area contributed by atoms with Crippen LogP contribution in [0.5, 0.6) is 0 Å². The molecule has 0 spiro atoms. The summed E-state index contributed by atoms with van der Waals surface area (Å²) in [7, 11) is 1.55. The molecule has 0 aliphatic heterocycles. The summed E-state index contributed by atoms with van der Waals surface area (Å²) in [5.74, 6) is 0. The minimum absolute atomic E-state index is 0.142. The standard InChI is InChI=1S/C16H14N2O2S/c1-20-11-18-15(19)10-13(14-8-5-9-21-14)16(17-18)12-6-3-2-4-7-12/h2-10H,11H2,1H3. The fraction of sp³-hybridized carbons (Fsp3) is 0.125. The molecule has 0 fully saturated rings. The summed E-state index contributed by atoms with van der Waals surface area (Å²) < 4.78 is 6.37. The van der Waals surface area contributed by atoms with Crippen LogP contribution in [0, 0.1) is 0 Å². The summed E-state index contributed by atoms with van der Waals surface area (Å²) in [6.07, 6.45) is 0. The Hall–Kier alpha value is -2.24. The zero-order valence-electron chi connectivity index (χ0n) is 11.5.